The minimum absolute atomic E-state index is 0.330. The van der Waals surface area contributed by atoms with Gasteiger partial charge in [-0.2, -0.15) is 0 Å². The number of methoxy groups -OCH3 is 1. The molecule has 0 radical (unpaired) electrons. The van der Waals surface area contributed by atoms with Crippen molar-refractivity contribution in [2.24, 2.45) is 5.73 Å². The molecule has 0 aliphatic heterocycles. The lowest BCUT2D eigenvalue weighted by molar-refractivity contribution is 0.406. The minimum Gasteiger partial charge on any atom is -0.496 e. The minimum atomic E-state index is -0.467. The molecule has 2 aromatic rings. The van der Waals surface area contributed by atoms with Gasteiger partial charge in [0.05, 0.1) is 23.9 Å². The number of aryl methyl sites for hydroxylation is 1. The fourth-order valence-electron chi connectivity index (χ4n) is 1.63. The van der Waals surface area contributed by atoms with E-state index in [1.54, 1.807) is 6.07 Å². The van der Waals surface area contributed by atoms with E-state index in [9.17, 15) is 4.39 Å². The van der Waals surface area contributed by atoms with Crippen LogP contribution in [0.25, 0.3) is 0 Å². The number of thiazole rings is 1. The maximum atomic E-state index is 13.2. The number of ether oxygens (including phenoxy) is 1. The van der Waals surface area contributed by atoms with E-state index in [0.717, 1.165) is 10.7 Å². The molecule has 1 aromatic carbocycles. The van der Waals surface area contributed by atoms with Crippen molar-refractivity contribution in [1.29, 1.82) is 0 Å². The highest BCUT2D eigenvalue weighted by atomic mass is 32.1. The van der Waals surface area contributed by atoms with Crippen LogP contribution >= 0.6 is 11.3 Å². The number of hydrogen-bond donors (Lipinski definition) is 1. The van der Waals surface area contributed by atoms with Gasteiger partial charge in [0, 0.05) is 10.9 Å². The van der Waals surface area contributed by atoms with E-state index in [4.69, 9.17) is 10.5 Å². The van der Waals surface area contributed by atoms with Crippen molar-refractivity contribution in [3.05, 3.63) is 45.7 Å². The largest absolute Gasteiger partial charge is 0.496 e. The van der Waals surface area contributed by atoms with Gasteiger partial charge in [0.2, 0.25) is 0 Å². The molecule has 2 rings (SSSR count). The summed E-state index contributed by atoms with van der Waals surface area (Å²) in [6.45, 7) is 1.91. The molecule has 0 bridgehead atoms. The highest BCUT2D eigenvalue weighted by molar-refractivity contribution is 7.09. The summed E-state index contributed by atoms with van der Waals surface area (Å²) in [5.41, 5.74) is 7.41. The number of rotatable bonds is 3. The van der Waals surface area contributed by atoms with Crippen molar-refractivity contribution < 1.29 is 9.13 Å². The molecule has 1 aromatic heterocycles. The lowest BCUT2D eigenvalue weighted by Gasteiger charge is -2.13. The second-order valence-corrected chi connectivity index (χ2v) is 4.72. The van der Waals surface area contributed by atoms with E-state index in [-0.39, 0.29) is 5.82 Å². The molecule has 0 spiro atoms. The number of halogens is 1. The summed E-state index contributed by atoms with van der Waals surface area (Å²) in [5.74, 6) is 0.243. The molecular weight excluding hydrogens is 239 g/mol. The van der Waals surface area contributed by atoms with Crippen LogP contribution < -0.4 is 10.5 Å². The highest BCUT2D eigenvalue weighted by Crippen LogP contribution is 2.29. The number of benzene rings is 1. The van der Waals surface area contributed by atoms with Crippen molar-refractivity contribution in [1.82, 2.24) is 4.98 Å². The van der Waals surface area contributed by atoms with Gasteiger partial charge >= 0.3 is 0 Å². The average molecular weight is 252 g/mol. The number of nitrogens with two attached hydrogens (primary N) is 1. The first-order chi connectivity index (χ1) is 8.11. The lowest BCUT2D eigenvalue weighted by Crippen LogP contribution is -2.13. The van der Waals surface area contributed by atoms with Crippen LogP contribution in [0.15, 0.2) is 23.6 Å². The molecule has 0 saturated carbocycles. The molecule has 5 heteroatoms. The summed E-state index contributed by atoms with van der Waals surface area (Å²) in [4.78, 5) is 4.31. The monoisotopic (exact) mass is 252 g/mol. The van der Waals surface area contributed by atoms with Crippen LogP contribution in [-0.4, -0.2) is 12.1 Å². The molecule has 0 amide bonds. The van der Waals surface area contributed by atoms with Crippen molar-refractivity contribution in [2.75, 3.05) is 7.11 Å². The third-order valence-corrected chi connectivity index (χ3v) is 3.27. The molecule has 3 nitrogen and oxygen atoms in total. The second-order valence-electron chi connectivity index (χ2n) is 3.66. The molecule has 0 aliphatic carbocycles. The molecule has 1 heterocycles. The Hall–Kier alpha value is -1.46. The van der Waals surface area contributed by atoms with Gasteiger partial charge in [-0.3, -0.25) is 0 Å². The van der Waals surface area contributed by atoms with E-state index >= 15 is 0 Å². The van der Waals surface area contributed by atoms with Gasteiger partial charge in [-0.25, -0.2) is 9.37 Å². The Kier molecular flexibility index (Phi) is 3.40. The summed E-state index contributed by atoms with van der Waals surface area (Å²) < 4.78 is 18.4. The Balaban J connectivity index is 2.42. The van der Waals surface area contributed by atoms with Crippen LogP contribution in [0.2, 0.25) is 0 Å². The highest BCUT2D eigenvalue weighted by Gasteiger charge is 2.17. The van der Waals surface area contributed by atoms with Crippen molar-refractivity contribution >= 4 is 11.3 Å². The quantitative estimate of drug-likeness (QED) is 0.913. The molecule has 0 fully saturated rings. The number of aromatic nitrogens is 1. The third-order valence-electron chi connectivity index (χ3n) is 2.48. The van der Waals surface area contributed by atoms with Gasteiger partial charge in [0.1, 0.15) is 11.6 Å². The van der Waals surface area contributed by atoms with Crippen LogP contribution in [0.1, 0.15) is 22.3 Å². The summed E-state index contributed by atoms with van der Waals surface area (Å²) in [5, 5.41) is 2.82. The average Bonchev–Trinajstić information content (AvgIpc) is 2.75. The summed E-state index contributed by atoms with van der Waals surface area (Å²) in [6.07, 6.45) is 0. The fourth-order valence-corrected chi connectivity index (χ4v) is 2.28. The first-order valence-electron chi connectivity index (χ1n) is 5.13. The van der Waals surface area contributed by atoms with Gasteiger partial charge in [-0.1, -0.05) is 0 Å². The van der Waals surface area contributed by atoms with Crippen LogP contribution in [0.4, 0.5) is 4.39 Å². The normalized spacial score (nSPS) is 12.5. The molecule has 0 saturated heterocycles. The Morgan fingerprint density at radius 3 is 2.82 bits per heavy atom. The maximum absolute atomic E-state index is 13.2. The van der Waals surface area contributed by atoms with E-state index in [0.29, 0.717) is 11.3 Å². The van der Waals surface area contributed by atoms with Gasteiger partial charge < -0.3 is 10.5 Å². The Morgan fingerprint density at radius 1 is 1.47 bits per heavy atom. The maximum Gasteiger partial charge on any atom is 0.124 e. The van der Waals surface area contributed by atoms with Crippen LogP contribution in [0, 0.1) is 12.7 Å². The molecule has 0 aliphatic rings. The zero-order valence-corrected chi connectivity index (χ0v) is 10.4. The smallest absolute Gasteiger partial charge is 0.124 e. The van der Waals surface area contributed by atoms with Gasteiger partial charge in [0.25, 0.3) is 0 Å². The summed E-state index contributed by atoms with van der Waals surface area (Å²) in [6, 6.07) is 3.84. The molecule has 90 valence electrons. The SMILES string of the molecule is COc1ccc(F)cc1C(N)c1csc(C)n1. The van der Waals surface area contributed by atoms with Gasteiger partial charge in [-0.15, -0.1) is 11.3 Å². The van der Waals surface area contributed by atoms with E-state index < -0.39 is 6.04 Å². The topological polar surface area (TPSA) is 48.1 Å². The zero-order valence-electron chi connectivity index (χ0n) is 9.61. The molecular formula is C12H13FN2OS. The summed E-state index contributed by atoms with van der Waals surface area (Å²) >= 11 is 1.52. The van der Waals surface area contributed by atoms with Crippen LogP contribution in [0.3, 0.4) is 0 Å². The molecule has 2 N–H and O–H groups in total. The fraction of sp³-hybridized carbons (Fsp3) is 0.250. The number of nitrogens with zero attached hydrogens (tertiary/aromatic N) is 1. The van der Waals surface area contributed by atoms with E-state index in [2.05, 4.69) is 4.98 Å². The van der Waals surface area contributed by atoms with Gasteiger partial charge in [-0.05, 0) is 25.1 Å². The van der Waals surface area contributed by atoms with Gasteiger partial charge in [0.15, 0.2) is 0 Å². The van der Waals surface area contributed by atoms with E-state index in [1.807, 2.05) is 12.3 Å². The predicted octanol–water partition coefficient (Wildman–Crippen LogP) is 2.65. The molecule has 1 atom stereocenters. The van der Waals surface area contributed by atoms with Crippen molar-refractivity contribution in [3.63, 3.8) is 0 Å². The Labute approximate surface area is 103 Å². The van der Waals surface area contributed by atoms with Crippen molar-refractivity contribution in [3.8, 4) is 5.75 Å². The molecule has 17 heavy (non-hydrogen) atoms. The second kappa shape index (κ2) is 4.81. The van der Waals surface area contributed by atoms with Crippen LogP contribution in [0.5, 0.6) is 5.75 Å². The number of hydrogen-bond acceptors (Lipinski definition) is 4. The summed E-state index contributed by atoms with van der Waals surface area (Å²) in [7, 11) is 1.54. The zero-order chi connectivity index (χ0) is 12.4. The first-order valence-corrected chi connectivity index (χ1v) is 6.01. The predicted molar refractivity (Wildman–Crippen MR) is 65.8 cm³/mol. The Bertz CT molecular complexity index is 527. The third kappa shape index (κ3) is 2.45. The Morgan fingerprint density at radius 2 is 2.24 bits per heavy atom. The standard InChI is InChI=1S/C12H13FN2OS/c1-7-15-10(6-17-7)12(14)9-5-8(13)3-4-11(9)16-2/h3-6,12H,14H2,1-2H3. The van der Waals surface area contributed by atoms with E-state index in [1.165, 1.54) is 30.6 Å². The first kappa shape index (κ1) is 12.0. The molecule has 1 unspecified atom stereocenters. The van der Waals surface area contributed by atoms with Crippen LogP contribution in [-0.2, 0) is 0 Å². The van der Waals surface area contributed by atoms with Crippen molar-refractivity contribution in [2.45, 2.75) is 13.0 Å². The lowest BCUT2D eigenvalue weighted by atomic mass is 10.0.